The summed E-state index contributed by atoms with van der Waals surface area (Å²) in [4.78, 5) is 56.5. The van der Waals surface area contributed by atoms with Crippen molar-refractivity contribution in [3.63, 3.8) is 0 Å². The van der Waals surface area contributed by atoms with E-state index in [1.165, 1.54) is 0 Å². The van der Waals surface area contributed by atoms with Crippen molar-refractivity contribution in [2.24, 2.45) is 11.8 Å². The Morgan fingerprint density at radius 3 is 1.97 bits per heavy atom. The molecule has 2 aliphatic heterocycles. The highest BCUT2D eigenvalue weighted by molar-refractivity contribution is 6.37. The number of Topliss-reactive ketones (excluding diaryl/α,β-unsaturated/α-hetero) is 2. The van der Waals surface area contributed by atoms with E-state index in [9.17, 15) is 19.2 Å². The predicted octanol–water partition coefficient (Wildman–Crippen LogP) is 4.65. The molecule has 3 aromatic rings. The standard InChI is InChI=1S/C28H20ClNO5/c1-14-11-15(2)13-16(12-14)30-26(33)21-22(27(30)34)28(35-23(21)19-9-5-6-10-20(19)29)24(31)17-7-3-4-8-18(17)25(28)32/h3-13,21-23H,1-2H3/t21-,22-,23+/m0/s1. The molecule has 6 nitrogen and oxygen atoms in total. The van der Waals surface area contributed by atoms with E-state index >= 15 is 0 Å². The second-order valence-corrected chi connectivity index (χ2v) is 9.77. The molecule has 35 heavy (non-hydrogen) atoms. The lowest BCUT2D eigenvalue weighted by atomic mass is 9.77. The molecule has 2 amide bonds. The molecule has 1 aliphatic carbocycles. The van der Waals surface area contributed by atoms with Crippen LogP contribution in [0.2, 0.25) is 5.02 Å². The Labute approximate surface area is 206 Å². The van der Waals surface area contributed by atoms with Crippen molar-refractivity contribution < 1.29 is 23.9 Å². The van der Waals surface area contributed by atoms with Crippen LogP contribution >= 0.6 is 11.6 Å². The van der Waals surface area contributed by atoms with Gasteiger partial charge in [-0.25, -0.2) is 4.90 Å². The third-order valence-electron chi connectivity index (χ3n) is 7.20. The fourth-order valence-corrected chi connectivity index (χ4v) is 6.08. The van der Waals surface area contributed by atoms with Crippen molar-refractivity contribution in [2.45, 2.75) is 25.6 Å². The van der Waals surface area contributed by atoms with Crippen LogP contribution in [0.3, 0.4) is 0 Å². The fourth-order valence-electron chi connectivity index (χ4n) is 5.84. The van der Waals surface area contributed by atoms with Gasteiger partial charge in [-0.1, -0.05) is 60.1 Å². The summed E-state index contributed by atoms with van der Waals surface area (Å²) < 4.78 is 6.27. The maximum Gasteiger partial charge on any atom is 0.241 e. The number of imide groups is 1. The van der Waals surface area contributed by atoms with E-state index in [0.29, 0.717) is 16.3 Å². The molecule has 2 fully saturated rings. The number of ketones is 2. The Balaban J connectivity index is 1.57. The summed E-state index contributed by atoms with van der Waals surface area (Å²) in [7, 11) is 0. The Morgan fingerprint density at radius 1 is 0.800 bits per heavy atom. The van der Waals surface area contributed by atoms with E-state index in [2.05, 4.69) is 0 Å². The number of nitrogens with zero attached hydrogens (tertiary/aromatic N) is 1. The molecule has 2 heterocycles. The second kappa shape index (κ2) is 7.44. The van der Waals surface area contributed by atoms with Crippen LogP contribution in [0.15, 0.2) is 66.7 Å². The Kier molecular flexibility index (Phi) is 4.66. The first kappa shape index (κ1) is 21.9. The fraction of sp³-hybridized carbons (Fsp3) is 0.214. The molecule has 2 saturated heterocycles. The monoisotopic (exact) mass is 485 g/mol. The first-order valence-corrected chi connectivity index (χ1v) is 11.7. The van der Waals surface area contributed by atoms with Crippen molar-refractivity contribution in [1.29, 1.82) is 0 Å². The second-order valence-electron chi connectivity index (χ2n) is 9.36. The van der Waals surface area contributed by atoms with Crippen LogP contribution in [0.4, 0.5) is 5.69 Å². The number of amides is 2. The van der Waals surface area contributed by atoms with Crippen LogP contribution in [0.5, 0.6) is 0 Å². The average molecular weight is 486 g/mol. The van der Waals surface area contributed by atoms with Gasteiger partial charge in [0.05, 0.1) is 23.6 Å². The highest BCUT2D eigenvalue weighted by Crippen LogP contribution is 2.58. The highest BCUT2D eigenvalue weighted by Gasteiger charge is 2.74. The van der Waals surface area contributed by atoms with Crippen molar-refractivity contribution in [3.8, 4) is 0 Å². The number of aryl methyl sites for hydroxylation is 2. The topological polar surface area (TPSA) is 80.8 Å². The summed E-state index contributed by atoms with van der Waals surface area (Å²) >= 11 is 6.47. The smallest absolute Gasteiger partial charge is 0.241 e. The minimum atomic E-state index is -2.11. The van der Waals surface area contributed by atoms with Gasteiger partial charge >= 0.3 is 0 Å². The maximum atomic E-state index is 14.0. The Morgan fingerprint density at radius 2 is 1.37 bits per heavy atom. The summed E-state index contributed by atoms with van der Waals surface area (Å²) in [5.74, 6) is -4.69. The molecular weight excluding hydrogens is 466 g/mol. The number of benzene rings is 3. The first-order chi connectivity index (χ1) is 16.8. The van der Waals surface area contributed by atoms with E-state index in [1.54, 1.807) is 60.7 Å². The van der Waals surface area contributed by atoms with Gasteiger partial charge in [-0.3, -0.25) is 19.2 Å². The molecule has 6 rings (SSSR count). The molecule has 1 spiro atoms. The molecular formula is C28H20ClNO5. The van der Waals surface area contributed by atoms with Crippen molar-refractivity contribution in [1.82, 2.24) is 0 Å². The van der Waals surface area contributed by atoms with Gasteiger partial charge in [-0.2, -0.15) is 0 Å². The number of fused-ring (bicyclic) bond motifs is 3. The van der Waals surface area contributed by atoms with E-state index in [1.807, 2.05) is 19.9 Å². The minimum absolute atomic E-state index is 0.196. The lowest BCUT2D eigenvalue weighted by Gasteiger charge is -2.27. The number of anilines is 1. The number of ether oxygens (including phenoxy) is 1. The number of hydrogen-bond acceptors (Lipinski definition) is 5. The molecule has 0 bridgehead atoms. The molecule has 0 aromatic heterocycles. The van der Waals surface area contributed by atoms with Crippen LogP contribution in [-0.4, -0.2) is 29.0 Å². The van der Waals surface area contributed by atoms with Crippen molar-refractivity contribution in [2.75, 3.05) is 4.90 Å². The molecule has 7 heteroatoms. The highest BCUT2D eigenvalue weighted by atomic mass is 35.5. The first-order valence-electron chi connectivity index (χ1n) is 11.3. The van der Waals surface area contributed by atoms with Gasteiger partial charge in [-0.05, 0) is 43.2 Å². The summed E-state index contributed by atoms with van der Waals surface area (Å²) in [6, 6.07) is 18.7. The lowest BCUT2D eigenvalue weighted by Crippen LogP contribution is -2.51. The van der Waals surface area contributed by atoms with Gasteiger partial charge in [0.1, 0.15) is 0 Å². The number of rotatable bonds is 2. The minimum Gasteiger partial charge on any atom is -0.349 e. The van der Waals surface area contributed by atoms with Crippen molar-refractivity contribution in [3.05, 3.63) is 99.6 Å². The molecule has 0 radical (unpaired) electrons. The van der Waals surface area contributed by atoms with E-state index in [0.717, 1.165) is 16.0 Å². The number of hydrogen-bond donors (Lipinski definition) is 0. The molecule has 0 N–H and O–H groups in total. The zero-order chi connectivity index (χ0) is 24.6. The molecule has 3 aliphatic rings. The van der Waals surface area contributed by atoms with E-state index in [4.69, 9.17) is 16.3 Å². The SMILES string of the molecule is Cc1cc(C)cc(N2C(=O)[C@@H]3[C@@H](c4ccccc4Cl)OC4(C(=O)c5ccccc5C4=O)[C@@H]3C2=O)c1. The summed E-state index contributed by atoms with van der Waals surface area (Å²) in [5, 5.41) is 0.328. The van der Waals surface area contributed by atoms with Crippen LogP contribution < -0.4 is 4.90 Å². The van der Waals surface area contributed by atoms with Crippen LogP contribution in [-0.2, 0) is 14.3 Å². The Bertz CT molecular complexity index is 1420. The zero-order valence-electron chi connectivity index (χ0n) is 18.9. The van der Waals surface area contributed by atoms with Gasteiger partial charge < -0.3 is 4.74 Å². The molecule has 3 aromatic carbocycles. The van der Waals surface area contributed by atoms with Crippen LogP contribution in [0, 0.1) is 25.7 Å². The lowest BCUT2D eigenvalue weighted by molar-refractivity contribution is -0.127. The van der Waals surface area contributed by atoms with Gasteiger partial charge in [0.15, 0.2) is 0 Å². The number of halogens is 1. The van der Waals surface area contributed by atoms with Crippen LogP contribution in [0.25, 0.3) is 0 Å². The summed E-state index contributed by atoms with van der Waals surface area (Å²) in [6.07, 6.45) is -1.04. The quantitative estimate of drug-likeness (QED) is 0.390. The normalized spacial score (nSPS) is 24.4. The summed E-state index contributed by atoms with van der Waals surface area (Å²) in [6.45, 7) is 3.75. The van der Waals surface area contributed by atoms with Gasteiger partial charge in [0.25, 0.3) is 0 Å². The largest absolute Gasteiger partial charge is 0.349 e. The third kappa shape index (κ3) is 2.81. The summed E-state index contributed by atoms with van der Waals surface area (Å²) in [5.41, 5.74) is 0.913. The maximum absolute atomic E-state index is 14.0. The number of carbonyl (C=O) groups is 4. The Hall–Kier alpha value is -3.61. The van der Waals surface area contributed by atoms with Crippen LogP contribution in [0.1, 0.15) is 43.5 Å². The predicted molar refractivity (Wildman–Crippen MR) is 129 cm³/mol. The zero-order valence-corrected chi connectivity index (χ0v) is 19.7. The molecule has 174 valence electrons. The molecule has 3 atom stereocenters. The number of carbonyl (C=O) groups excluding carboxylic acids is 4. The molecule has 0 saturated carbocycles. The van der Waals surface area contributed by atoms with E-state index in [-0.39, 0.29) is 11.1 Å². The third-order valence-corrected chi connectivity index (χ3v) is 7.54. The van der Waals surface area contributed by atoms with Gasteiger partial charge in [0.2, 0.25) is 29.0 Å². The van der Waals surface area contributed by atoms with Gasteiger partial charge in [-0.15, -0.1) is 0 Å². The average Bonchev–Trinajstić information content (AvgIpc) is 3.39. The van der Waals surface area contributed by atoms with E-state index < -0.39 is 46.9 Å². The van der Waals surface area contributed by atoms with Crippen molar-refractivity contribution >= 4 is 40.7 Å². The van der Waals surface area contributed by atoms with Gasteiger partial charge in [0, 0.05) is 21.7 Å². The molecule has 0 unspecified atom stereocenters.